The van der Waals surface area contributed by atoms with Crippen LogP contribution in [0.5, 0.6) is 0 Å². The highest BCUT2D eigenvalue weighted by Gasteiger charge is 2.22. The van der Waals surface area contributed by atoms with Crippen LogP contribution >= 0.6 is 27.3 Å². The van der Waals surface area contributed by atoms with E-state index in [1.54, 1.807) is 11.3 Å². The van der Waals surface area contributed by atoms with E-state index in [1.807, 2.05) is 0 Å². The third kappa shape index (κ3) is 4.41. The minimum Gasteiger partial charge on any atom is -0.353 e. The smallest absolute Gasteiger partial charge is 0.221 e. The fourth-order valence-electron chi connectivity index (χ4n) is 1.59. The van der Waals surface area contributed by atoms with E-state index in [4.69, 9.17) is 0 Å². The standard InChI is InChI=1S/C12H17BrN2OS/c1-8(11-6-9(13)7-17-11)14-5-4-12(16)15-10-2-3-10/h6-8,10,14H,2-5H2,1H3,(H,15,16). The summed E-state index contributed by atoms with van der Waals surface area (Å²) in [7, 11) is 0. The van der Waals surface area contributed by atoms with Gasteiger partial charge in [-0.05, 0) is 41.8 Å². The molecule has 1 amide bonds. The van der Waals surface area contributed by atoms with Crippen LogP contribution in [0.3, 0.4) is 0 Å². The molecule has 1 saturated carbocycles. The third-order valence-corrected chi connectivity index (χ3v) is 4.64. The van der Waals surface area contributed by atoms with E-state index in [0.29, 0.717) is 18.5 Å². The molecule has 1 aromatic heterocycles. The zero-order valence-corrected chi connectivity index (χ0v) is 12.2. The van der Waals surface area contributed by atoms with Gasteiger partial charge in [0.05, 0.1) is 0 Å². The summed E-state index contributed by atoms with van der Waals surface area (Å²) >= 11 is 5.17. The van der Waals surface area contributed by atoms with Crippen molar-refractivity contribution in [3.8, 4) is 0 Å². The average Bonchev–Trinajstić information content (AvgIpc) is 2.97. The van der Waals surface area contributed by atoms with Crippen LogP contribution in [0.4, 0.5) is 0 Å². The van der Waals surface area contributed by atoms with E-state index in [2.05, 4.69) is 44.9 Å². The van der Waals surface area contributed by atoms with Crippen LogP contribution in [0.15, 0.2) is 15.9 Å². The van der Waals surface area contributed by atoms with Crippen molar-refractivity contribution in [2.75, 3.05) is 6.54 Å². The number of carbonyl (C=O) groups excluding carboxylic acids is 1. The number of carbonyl (C=O) groups is 1. The van der Waals surface area contributed by atoms with Crippen molar-refractivity contribution in [3.63, 3.8) is 0 Å². The first-order valence-corrected chi connectivity index (χ1v) is 7.59. The van der Waals surface area contributed by atoms with Gasteiger partial charge in [0.1, 0.15) is 0 Å². The van der Waals surface area contributed by atoms with Gasteiger partial charge in [0.2, 0.25) is 5.91 Å². The van der Waals surface area contributed by atoms with Crippen LogP contribution in [0, 0.1) is 0 Å². The summed E-state index contributed by atoms with van der Waals surface area (Å²) in [5.41, 5.74) is 0. The summed E-state index contributed by atoms with van der Waals surface area (Å²) in [6, 6.07) is 2.89. The lowest BCUT2D eigenvalue weighted by Crippen LogP contribution is -2.29. The molecule has 1 fully saturated rings. The zero-order chi connectivity index (χ0) is 12.3. The molecule has 1 aliphatic carbocycles. The minimum atomic E-state index is 0.166. The van der Waals surface area contributed by atoms with Gasteiger partial charge in [-0.1, -0.05) is 0 Å². The lowest BCUT2D eigenvalue weighted by Gasteiger charge is -2.11. The number of nitrogens with one attached hydrogen (secondary N) is 2. The Balaban J connectivity index is 1.65. The van der Waals surface area contributed by atoms with Crippen molar-refractivity contribution in [1.82, 2.24) is 10.6 Å². The Hall–Kier alpha value is -0.390. The molecule has 1 heterocycles. The van der Waals surface area contributed by atoms with E-state index in [1.165, 1.54) is 4.88 Å². The number of amides is 1. The molecule has 1 atom stereocenters. The van der Waals surface area contributed by atoms with Crippen molar-refractivity contribution in [3.05, 3.63) is 20.8 Å². The average molecular weight is 317 g/mol. The van der Waals surface area contributed by atoms with Crippen LogP contribution in [0.25, 0.3) is 0 Å². The van der Waals surface area contributed by atoms with E-state index in [0.717, 1.165) is 23.9 Å². The van der Waals surface area contributed by atoms with E-state index >= 15 is 0 Å². The van der Waals surface area contributed by atoms with Gasteiger partial charge in [-0.2, -0.15) is 0 Å². The number of rotatable bonds is 6. The van der Waals surface area contributed by atoms with Gasteiger partial charge < -0.3 is 10.6 Å². The predicted molar refractivity (Wildman–Crippen MR) is 74.2 cm³/mol. The maximum atomic E-state index is 11.5. The lowest BCUT2D eigenvalue weighted by atomic mass is 10.2. The van der Waals surface area contributed by atoms with E-state index in [9.17, 15) is 4.79 Å². The van der Waals surface area contributed by atoms with Crippen LogP contribution in [0.1, 0.15) is 37.1 Å². The Morgan fingerprint density at radius 3 is 3.00 bits per heavy atom. The molecule has 0 aromatic carbocycles. The first kappa shape index (κ1) is 13.1. The topological polar surface area (TPSA) is 41.1 Å². The van der Waals surface area contributed by atoms with E-state index < -0.39 is 0 Å². The van der Waals surface area contributed by atoms with Gasteiger partial charge in [-0.15, -0.1) is 11.3 Å². The second kappa shape index (κ2) is 5.98. The van der Waals surface area contributed by atoms with Gasteiger partial charge in [0.15, 0.2) is 0 Å². The van der Waals surface area contributed by atoms with Crippen molar-refractivity contribution in [2.45, 2.75) is 38.3 Å². The molecule has 0 spiro atoms. The summed E-state index contributed by atoms with van der Waals surface area (Å²) < 4.78 is 1.12. The molecule has 0 radical (unpaired) electrons. The first-order valence-electron chi connectivity index (χ1n) is 5.92. The number of hydrogen-bond acceptors (Lipinski definition) is 3. The highest BCUT2D eigenvalue weighted by atomic mass is 79.9. The van der Waals surface area contributed by atoms with E-state index in [-0.39, 0.29) is 5.91 Å². The van der Waals surface area contributed by atoms with Gasteiger partial charge in [0.25, 0.3) is 0 Å². The fraction of sp³-hybridized carbons (Fsp3) is 0.583. The van der Waals surface area contributed by atoms with Crippen molar-refractivity contribution in [2.24, 2.45) is 0 Å². The molecule has 2 N–H and O–H groups in total. The van der Waals surface area contributed by atoms with Gasteiger partial charge in [-0.25, -0.2) is 0 Å². The van der Waals surface area contributed by atoms with Gasteiger partial charge >= 0.3 is 0 Å². The van der Waals surface area contributed by atoms with Crippen molar-refractivity contribution >= 4 is 33.2 Å². The molecule has 0 aliphatic heterocycles. The summed E-state index contributed by atoms with van der Waals surface area (Å²) in [4.78, 5) is 12.8. The quantitative estimate of drug-likeness (QED) is 0.847. The normalized spacial score (nSPS) is 16.8. The predicted octanol–water partition coefficient (Wildman–Crippen LogP) is 2.83. The largest absolute Gasteiger partial charge is 0.353 e. The van der Waals surface area contributed by atoms with Crippen LogP contribution in [0.2, 0.25) is 0 Å². The number of halogens is 1. The first-order chi connectivity index (χ1) is 8.15. The lowest BCUT2D eigenvalue weighted by molar-refractivity contribution is -0.121. The summed E-state index contributed by atoms with van der Waals surface area (Å²) in [5.74, 6) is 0.166. The van der Waals surface area contributed by atoms with Crippen LogP contribution in [-0.2, 0) is 4.79 Å². The maximum absolute atomic E-state index is 11.5. The fourth-order valence-corrected chi connectivity index (χ4v) is 3.06. The summed E-state index contributed by atoms with van der Waals surface area (Å²) in [6.45, 7) is 2.85. The molecular weight excluding hydrogens is 300 g/mol. The Morgan fingerprint density at radius 1 is 1.65 bits per heavy atom. The number of thiophene rings is 1. The third-order valence-electron chi connectivity index (χ3n) is 2.76. The highest BCUT2D eigenvalue weighted by molar-refractivity contribution is 9.10. The molecule has 0 saturated heterocycles. The van der Waals surface area contributed by atoms with Crippen molar-refractivity contribution in [1.29, 1.82) is 0 Å². The summed E-state index contributed by atoms with van der Waals surface area (Å²) in [6.07, 6.45) is 2.87. The summed E-state index contributed by atoms with van der Waals surface area (Å²) in [5, 5.41) is 8.43. The Kier molecular flexibility index (Phi) is 4.59. The molecule has 1 aromatic rings. The molecule has 1 unspecified atom stereocenters. The molecule has 17 heavy (non-hydrogen) atoms. The number of hydrogen-bond donors (Lipinski definition) is 2. The molecule has 94 valence electrons. The molecule has 3 nitrogen and oxygen atoms in total. The monoisotopic (exact) mass is 316 g/mol. The molecule has 5 heteroatoms. The zero-order valence-electron chi connectivity index (χ0n) is 9.83. The van der Waals surface area contributed by atoms with Gasteiger partial charge in [0, 0.05) is 39.8 Å². The molecular formula is C12H17BrN2OS. The van der Waals surface area contributed by atoms with Gasteiger partial charge in [-0.3, -0.25) is 4.79 Å². The second-order valence-electron chi connectivity index (χ2n) is 4.43. The molecule has 0 bridgehead atoms. The van der Waals surface area contributed by atoms with Crippen LogP contribution in [-0.4, -0.2) is 18.5 Å². The van der Waals surface area contributed by atoms with Crippen LogP contribution < -0.4 is 10.6 Å². The van der Waals surface area contributed by atoms with Crippen molar-refractivity contribution < 1.29 is 4.79 Å². The maximum Gasteiger partial charge on any atom is 0.221 e. The Labute approximate surface area is 114 Å². The minimum absolute atomic E-state index is 0.166. The highest BCUT2D eigenvalue weighted by Crippen LogP contribution is 2.25. The SMILES string of the molecule is CC(NCCC(=O)NC1CC1)c1cc(Br)cs1. The second-order valence-corrected chi connectivity index (χ2v) is 6.29. The Bertz CT molecular complexity index is 390. The Morgan fingerprint density at radius 2 is 2.41 bits per heavy atom. The molecule has 1 aliphatic rings. The molecule has 2 rings (SSSR count).